The van der Waals surface area contributed by atoms with Crippen LogP contribution in [0.25, 0.3) is 0 Å². The fourth-order valence-electron chi connectivity index (χ4n) is 10.6. The van der Waals surface area contributed by atoms with Gasteiger partial charge in [-0.15, -0.1) is 0 Å². The number of ether oxygens (including phenoxy) is 6. The van der Waals surface area contributed by atoms with Crippen LogP contribution in [0.2, 0.25) is 0 Å². The van der Waals surface area contributed by atoms with Gasteiger partial charge in [-0.3, -0.25) is 14.4 Å². The fourth-order valence-corrected chi connectivity index (χ4v) is 10.6. The number of carbonyl (C=O) groups is 4. The summed E-state index contributed by atoms with van der Waals surface area (Å²) in [4.78, 5) is 58.2. The Hall–Kier alpha value is -3.12. The molecule has 0 aromatic heterocycles. The van der Waals surface area contributed by atoms with Crippen LogP contribution in [0.15, 0.2) is 47.6 Å². The predicted octanol–water partition coefficient (Wildman–Crippen LogP) is 6.38. The van der Waals surface area contributed by atoms with Crippen molar-refractivity contribution >= 4 is 23.4 Å². The number of cyclic esters (lactones) is 1. The molecule has 1 amide bonds. The summed E-state index contributed by atoms with van der Waals surface area (Å²) < 4.78 is 35.6. The largest absolute Gasteiger partial charge is 0.461 e. The standard InChI is InChI=1S/C54H87NO14/c1-34-15-11-10-12-16-36(3)46(67-28-27-66-26-25-56)33-42-21-19-40(7)54(63,69-42)51(60)52(61)55-24-14-13-17-43(55)53(62)68-45(37(4)31-41-20-22-44(57)47(32-41)64-8)23-18-35(2)30-39(6)49(59)50(65-9)48(58)38(5)29-34/h10-12,15-16,30,34-35,37-38,40-47,49-50,56-57,59,63H,13-14,17-29,31-33H2,1-9H3/t34-,35+,37-,38-,40-,41+,42+,43+,44-,45+,46-,47-,49-,50+,54-/m1/s1. The number of nitrogens with zero attached hydrogens (tertiary/aromatic N) is 1. The smallest absolute Gasteiger partial charge is 0.329 e. The molecule has 15 atom stereocenters. The van der Waals surface area contributed by atoms with Gasteiger partial charge in [0.25, 0.3) is 11.7 Å². The lowest BCUT2D eigenvalue weighted by Crippen LogP contribution is -2.61. The van der Waals surface area contributed by atoms with E-state index in [0.29, 0.717) is 69.8 Å². The third kappa shape index (κ3) is 17.0. The van der Waals surface area contributed by atoms with Crippen molar-refractivity contribution in [1.82, 2.24) is 4.90 Å². The maximum atomic E-state index is 14.5. The summed E-state index contributed by atoms with van der Waals surface area (Å²) >= 11 is 0. The maximum Gasteiger partial charge on any atom is 0.329 e. The molecular formula is C54H87NO14. The molecule has 0 aromatic carbocycles. The molecule has 4 aliphatic rings. The van der Waals surface area contributed by atoms with Crippen LogP contribution in [0.4, 0.5) is 0 Å². The van der Waals surface area contributed by atoms with E-state index in [1.807, 2.05) is 71.1 Å². The van der Waals surface area contributed by atoms with E-state index >= 15 is 0 Å². The normalized spacial score (nSPS) is 36.3. The van der Waals surface area contributed by atoms with Gasteiger partial charge in [0.1, 0.15) is 24.4 Å². The first-order valence-corrected chi connectivity index (χ1v) is 25.8. The Morgan fingerprint density at radius 3 is 2.29 bits per heavy atom. The number of piperidine rings is 1. The molecule has 15 nitrogen and oxygen atoms in total. The van der Waals surface area contributed by atoms with Crippen LogP contribution < -0.4 is 0 Å². The molecule has 392 valence electrons. The van der Waals surface area contributed by atoms with Crippen LogP contribution in [0.5, 0.6) is 0 Å². The third-order valence-electron chi connectivity index (χ3n) is 15.0. The molecule has 2 saturated heterocycles. The number of Topliss-reactive ketones (excluding diaryl/α,β-unsaturated/α-hetero) is 2. The maximum absolute atomic E-state index is 14.5. The Balaban J connectivity index is 1.69. The quantitative estimate of drug-likeness (QED) is 0.0768. The third-order valence-corrected chi connectivity index (χ3v) is 15.0. The van der Waals surface area contributed by atoms with Gasteiger partial charge < -0.3 is 53.7 Å². The van der Waals surface area contributed by atoms with Crippen molar-refractivity contribution in [3.63, 3.8) is 0 Å². The van der Waals surface area contributed by atoms with Gasteiger partial charge in [0.05, 0.1) is 50.8 Å². The van der Waals surface area contributed by atoms with Gasteiger partial charge in [0.15, 0.2) is 5.78 Å². The van der Waals surface area contributed by atoms with Crippen LogP contribution in [0.3, 0.4) is 0 Å². The minimum atomic E-state index is -2.44. The summed E-state index contributed by atoms with van der Waals surface area (Å²) in [5, 5.41) is 43.3. The topological polar surface area (TPSA) is 208 Å². The average molecular weight is 974 g/mol. The lowest BCUT2D eigenvalue weighted by molar-refractivity contribution is -0.266. The van der Waals surface area contributed by atoms with Crippen LogP contribution in [-0.2, 0) is 47.6 Å². The van der Waals surface area contributed by atoms with Crippen molar-refractivity contribution in [3.8, 4) is 0 Å². The van der Waals surface area contributed by atoms with E-state index in [9.17, 15) is 39.6 Å². The van der Waals surface area contributed by atoms with Crippen molar-refractivity contribution < 1.29 is 68.0 Å². The number of hydrogen-bond donors (Lipinski definition) is 4. The molecular weight excluding hydrogens is 887 g/mol. The molecule has 4 rings (SSSR count). The second kappa shape index (κ2) is 28.8. The summed E-state index contributed by atoms with van der Waals surface area (Å²) in [6, 6.07) is -1.05. The molecule has 69 heavy (non-hydrogen) atoms. The van der Waals surface area contributed by atoms with Crippen LogP contribution in [0.1, 0.15) is 132 Å². The first-order chi connectivity index (χ1) is 32.8. The molecule has 0 spiro atoms. The highest BCUT2D eigenvalue weighted by Gasteiger charge is 2.53. The molecule has 15 heteroatoms. The molecule has 3 heterocycles. The van der Waals surface area contributed by atoms with Crippen molar-refractivity contribution in [1.29, 1.82) is 0 Å². The van der Waals surface area contributed by atoms with Crippen LogP contribution >= 0.6 is 0 Å². The number of aliphatic hydroxyl groups is 4. The molecule has 2 bridgehead atoms. The summed E-state index contributed by atoms with van der Waals surface area (Å²) in [5.41, 5.74) is 1.44. The van der Waals surface area contributed by atoms with E-state index in [1.54, 1.807) is 21.0 Å². The summed E-state index contributed by atoms with van der Waals surface area (Å²) in [6.07, 6.45) is 13.8. The zero-order valence-electron chi connectivity index (χ0n) is 43.1. The van der Waals surface area contributed by atoms with E-state index in [-0.39, 0.29) is 81.4 Å². The first kappa shape index (κ1) is 58.5. The Kier molecular flexibility index (Phi) is 24.4. The number of fused-ring (bicyclic) bond motifs is 3. The molecule has 1 saturated carbocycles. The molecule has 0 aromatic rings. The lowest BCUT2D eigenvalue weighted by Gasteiger charge is -2.43. The SMILES string of the molecule is CO[C@@H]1C[C@H](C[C@@H](C)[C@@H]2CC[C@H](C)C=C(C)[C@@H](O)[C@@H](OC)C(=O)[C@H](C)C[C@H](C)C=CC=CC=C(C)[C@H](OCCOCCO)C[C@@H]3CC[C@@H](C)[C@@](O)(O3)C(=O)C(=O)N3CCCC[C@H]3C(=O)O2)CC[C@H]1O. The van der Waals surface area contributed by atoms with E-state index in [4.69, 9.17) is 28.4 Å². The predicted molar refractivity (Wildman–Crippen MR) is 262 cm³/mol. The van der Waals surface area contributed by atoms with Gasteiger partial charge >= 0.3 is 5.97 Å². The second-order valence-corrected chi connectivity index (χ2v) is 20.7. The summed E-state index contributed by atoms with van der Waals surface area (Å²) in [6.45, 7) is 14.0. The number of carbonyl (C=O) groups excluding carboxylic acids is 4. The Bertz CT molecular complexity index is 1760. The monoisotopic (exact) mass is 974 g/mol. The second-order valence-electron chi connectivity index (χ2n) is 20.7. The highest BCUT2D eigenvalue weighted by atomic mass is 16.6. The minimum absolute atomic E-state index is 0.0338. The Labute approximate surface area is 412 Å². The number of allylic oxidation sites excluding steroid dienone is 6. The number of esters is 1. The van der Waals surface area contributed by atoms with Crippen LogP contribution in [0, 0.1) is 35.5 Å². The first-order valence-electron chi connectivity index (χ1n) is 25.8. The highest BCUT2D eigenvalue weighted by molar-refractivity contribution is 6.39. The van der Waals surface area contributed by atoms with E-state index in [2.05, 4.69) is 0 Å². The van der Waals surface area contributed by atoms with Crippen molar-refractivity contribution in [3.05, 3.63) is 47.6 Å². The number of ketones is 2. The lowest BCUT2D eigenvalue weighted by atomic mass is 9.78. The van der Waals surface area contributed by atoms with E-state index < -0.39 is 77.9 Å². The minimum Gasteiger partial charge on any atom is -0.461 e. The fraction of sp³-hybridized carbons (Fsp3) is 0.778. The van der Waals surface area contributed by atoms with Gasteiger partial charge in [-0.2, -0.15) is 0 Å². The van der Waals surface area contributed by atoms with Gasteiger partial charge in [0.2, 0.25) is 5.79 Å². The van der Waals surface area contributed by atoms with Crippen molar-refractivity contribution in [2.75, 3.05) is 47.2 Å². The molecule has 0 unspecified atom stereocenters. The van der Waals surface area contributed by atoms with Crippen molar-refractivity contribution in [2.24, 2.45) is 35.5 Å². The van der Waals surface area contributed by atoms with E-state index in [1.165, 1.54) is 12.0 Å². The zero-order valence-corrected chi connectivity index (χ0v) is 43.1. The number of amides is 1. The summed E-state index contributed by atoms with van der Waals surface area (Å²) in [7, 11) is 3.04. The van der Waals surface area contributed by atoms with Gasteiger partial charge in [-0.25, -0.2) is 4.79 Å². The number of hydrogen-bond acceptors (Lipinski definition) is 14. The van der Waals surface area contributed by atoms with Crippen molar-refractivity contribution in [2.45, 2.75) is 186 Å². The molecule has 1 aliphatic carbocycles. The van der Waals surface area contributed by atoms with E-state index in [0.717, 1.165) is 12.0 Å². The zero-order chi connectivity index (χ0) is 50.8. The molecule has 3 fully saturated rings. The van der Waals surface area contributed by atoms with Gasteiger partial charge in [-0.1, -0.05) is 71.1 Å². The van der Waals surface area contributed by atoms with Crippen LogP contribution in [-0.4, -0.2) is 151 Å². The Morgan fingerprint density at radius 1 is 0.826 bits per heavy atom. The number of aliphatic hydroxyl groups excluding tert-OH is 3. The molecule has 0 radical (unpaired) electrons. The molecule has 3 aliphatic heterocycles. The van der Waals surface area contributed by atoms with Gasteiger partial charge in [-0.05, 0) is 126 Å². The molecule has 4 N–H and O–H groups in total. The van der Waals surface area contributed by atoms with Gasteiger partial charge in [0, 0.05) is 39.0 Å². The summed E-state index contributed by atoms with van der Waals surface area (Å²) in [5.74, 6) is -6.39. The number of methoxy groups -OCH3 is 2. The number of rotatable bonds is 11. The highest BCUT2D eigenvalue weighted by Crippen LogP contribution is 2.38. The average Bonchev–Trinajstić information content (AvgIpc) is 3.32. The Morgan fingerprint density at radius 2 is 1.58 bits per heavy atom.